The largest absolute Gasteiger partial charge is 0.444 e. The van der Waals surface area contributed by atoms with E-state index in [-0.39, 0.29) is 18.0 Å². The van der Waals surface area contributed by atoms with Gasteiger partial charge in [0.25, 0.3) is 0 Å². The maximum Gasteiger partial charge on any atom is 0.410 e. The van der Waals surface area contributed by atoms with Gasteiger partial charge in [-0.1, -0.05) is 35.9 Å². The van der Waals surface area contributed by atoms with Crippen molar-refractivity contribution < 1.29 is 14.3 Å². The van der Waals surface area contributed by atoms with Crippen molar-refractivity contribution >= 4 is 23.3 Å². The minimum atomic E-state index is -0.499. The molecule has 6 nitrogen and oxygen atoms in total. The van der Waals surface area contributed by atoms with Crippen molar-refractivity contribution in [3.05, 3.63) is 57.8 Å². The van der Waals surface area contributed by atoms with E-state index in [1.807, 2.05) is 32.2 Å². The van der Waals surface area contributed by atoms with Gasteiger partial charge in [0.2, 0.25) is 5.91 Å². The lowest BCUT2D eigenvalue weighted by Gasteiger charge is -2.35. The highest BCUT2D eigenvalue weighted by Crippen LogP contribution is 2.26. The maximum absolute atomic E-state index is 12.8. The molecule has 1 aliphatic rings. The van der Waals surface area contributed by atoms with Gasteiger partial charge in [-0.05, 0) is 44.7 Å². The summed E-state index contributed by atoms with van der Waals surface area (Å²) in [4.78, 5) is 29.9. The molecule has 1 atom stereocenters. The number of aryl methyl sites for hydroxylation is 1. The van der Waals surface area contributed by atoms with Crippen molar-refractivity contribution in [2.45, 2.75) is 39.3 Å². The molecule has 0 bridgehead atoms. The van der Waals surface area contributed by atoms with Crippen LogP contribution in [0.3, 0.4) is 0 Å². The average molecular weight is 430 g/mol. The first-order valence-electron chi connectivity index (χ1n) is 10.3. The van der Waals surface area contributed by atoms with Crippen molar-refractivity contribution in [2.75, 3.05) is 32.7 Å². The van der Waals surface area contributed by atoms with E-state index in [1.54, 1.807) is 16.2 Å². The van der Waals surface area contributed by atoms with Crippen LogP contribution in [-0.4, -0.2) is 60.1 Å². The molecule has 0 radical (unpaired) electrons. The summed E-state index contributed by atoms with van der Waals surface area (Å²) in [6, 6.07) is 12.2. The number of piperazine rings is 1. The molecule has 1 unspecified atom stereocenters. The van der Waals surface area contributed by atoms with Crippen LogP contribution in [0.4, 0.5) is 4.79 Å². The smallest absolute Gasteiger partial charge is 0.410 e. The average Bonchev–Trinajstić information content (AvgIpc) is 3.20. The second-order valence-electron chi connectivity index (χ2n) is 8.67. The molecule has 1 aliphatic heterocycles. The number of carbonyl (C=O) groups is 2. The molecular weight excluding hydrogens is 398 g/mol. The number of hydrogen-bond donors (Lipinski definition) is 1. The predicted molar refractivity (Wildman–Crippen MR) is 120 cm³/mol. The number of hydrogen-bond acceptors (Lipinski definition) is 5. The Morgan fingerprint density at radius 2 is 1.77 bits per heavy atom. The molecule has 7 heteroatoms. The van der Waals surface area contributed by atoms with Crippen LogP contribution in [0.2, 0.25) is 0 Å². The zero-order valence-corrected chi connectivity index (χ0v) is 19.0. The Labute approximate surface area is 182 Å². The van der Waals surface area contributed by atoms with Crippen molar-refractivity contribution in [3.63, 3.8) is 0 Å². The Kier molecular flexibility index (Phi) is 7.15. The fourth-order valence-electron chi connectivity index (χ4n) is 3.36. The monoisotopic (exact) mass is 429 g/mol. The van der Waals surface area contributed by atoms with E-state index >= 15 is 0 Å². The van der Waals surface area contributed by atoms with Gasteiger partial charge in [-0.3, -0.25) is 9.69 Å². The topological polar surface area (TPSA) is 61.9 Å². The molecule has 1 fully saturated rings. The number of ether oxygens (including phenoxy) is 1. The third-order valence-corrected chi connectivity index (χ3v) is 5.87. The van der Waals surface area contributed by atoms with Gasteiger partial charge in [0.15, 0.2) is 0 Å². The summed E-state index contributed by atoms with van der Waals surface area (Å²) in [6.45, 7) is 10.4. The van der Waals surface area contributed by atoms with Gasteiger partial charge >= 0.3 is 6.09 Å². The third-order valence-electron chi connectivity index (χ3n) is 4.93. The highest BCUT2D eigenvalue weighted by atomic mass is 32.1. The molecule has 30 heavy (non-hydrogen) atoms. The lowest BCUT2D eigenvalue weighted by molar-refractivity contribution is -0.123. The van der Waals surface area contributed by atoms with Crippen LogP contribution in [0.15, 0.2) is 41.8 Å². The van der Waals surface area contributed by atoms with Gasteiger partial charge in [0.05, 0.1) is 12.6 Å². The van der Waals surface area contributed by atoms with Crippen molar-refractivity contribution in [3.8, 4) is 0 Å². The van der Waals surface area contributed by atoms with E-state index in [0.29, 0.717) is 32.7 Å². The van der Waals surface area contributed by atoms with E-state index in [0.717, 1.165) is 10.4 Å². The number of benzene rings is 1. The normalized spacial score (nSPS) is 16.2. The first kappa shape index (κ1) is 22.3. The SMILES string of the molecule is Cc1ccc(C(NC(=O)CN2CCN(C(=O)OC(C)(C)C)CC2)c2cccs2)cc1. The molecular formula is C23H31N3O3S. The Morgan fingerprint density at radius 3 is 2.33 bits per heavy atom. The van der Waals surface area contributed by atoms with Gasteiger partial charge in [-0.15, -0.1) is 11.3 Å². The van der Waals surface area contributed by atoms with Crippen LogP contribution in [-0.2, 0) is 9.53 Å². The quantitative estimate of drug-likeness (QED) is 0.785. The predicted octanol–water partition coefficient (Wildman–Crippen LogP) is 3.81. The van der Waals surface area contributed by atoms with E-state index in [4.69, 9.17) is 4.74 Å². The molecule has 1 N–H and O–H groups in total. The molecule has 0 aliphatic carbocycles. The van der Waals surface area contributed by atoms with Gasteiger partial charge < -0.3 is 15.0 Å². The summed E-state index contributed by atoms with van der Waals surface area (Å²) in [5.41, 5.74) is 1.77. The zero-order valence-electron chi connectivity index (χ0n) is 18.2. The van der Waals surface area contributed by atoms with Crippen molar-refractivity contribution in [1.82, 2.24) is 15.1 Å². The number of amides is 2. The summed E-state index contributed by atoms with van der Waals surface area (Å²) in [7, 11) is 0. The molecule has 2 heterocycles. The van der Waals surface area contributed by atoms with Gasteiger partial charge in [-0.25, -0.2) is 4.79 Å². The molecule has 1 aromatic heterocycles. The Hall–Kier alpha value is -2.38. The Bertz CT molecular complexity index is 836. The van der Waals surface area contributed by atoms with Crippen LogP contribution in [0.25, 0.3) is 0 Å². The van der Waals surface area contributed by atoms with Crippen molar-refractivity contribution in [1.29, 1.82) is 0 Å². The summed E-state index contributed by atoms with van der Waals surface area (Å²) in [5, 5.41) is 5.22. The molecule has 0 saturated carbocycles. The minimum absolute atomic E-state index is 0.0142. The highest BCUT2D eigenvalue weighted by Gasteiger charge is 2.27. The summed E-state index contributed by atoms with van der Waals surface area (Å²) in [6.07, 6.45) is -0.288. The second kappa shape index (κ2) is 9.62. The van der Waals surface area contributed by atoms with E-state index in [9.17, 15) is 9.59 Å². The lowest BCUT2D eigenvalue weighted by atomic mass is 10.0. The Balaban J connectivity index is 1.55. The molecule has 2 amide bonds. The number of carbonyl (C=O) groups excluding carboxylic acids is 2. The summed E-state index contributed by atoms with van der Waals surface area (Å²) < 4.78 is 5.44. The lowest BCUT2D eigenvalue weighted by Crippen LogP contribution is -2.52. The number of rotatable bonds is 5. The summed E-state index contributed by atoms with van der Waals surface area (Å²) in [5.74, 6) is -0.0142. The standard InChI is InChI=1S/C23H31N3O3S/c1-17-7-9-18(10-8-17)21(19-6-5-15-30-19)24-20(27)16-25-11-13-26(14-12-25)22(28)29-23(2,3)4/h5-10,15,21H,11-14,16H2,1-4H3,(H,24,27). The first-order chi connectivity index (χ1) is 14.2. The Morgan fingerprint density at radius 1 is 1.10 bits per heavy atom. The van der Waals surface area contributed by atoms with E-state index < -0.39 is 5.60 Å². The van der Waals surface area contributed by atoms with Crippen LogP contribution in [0.1, 0.15) is 42.8 Å². The summed E-state index contributed by atoms with van der Waals surface area (Å²) >= 11 is 1.64. The first-order valence-corrected chi connectivity index (χ1v) is 11.2. The highest BCUT2D eigenvalue weighted by molar-refractivity contribution is 7.10. The molecule has 0 spiro atoms. The molecule has 2 aromatic rings. The maximum atomic E-state index is 12.8. The number of thiophene rings is 1. The number of nitrogens with one attached hydrogen (secondary N) is 1. The zero-order chi connectivity index (χ0) is 21.7. The van der Waals surface area contributed by atoms with Crippen LogP contribution in [0, 0.1) is 6.92 Å². The van der Waals surface area contributed by atoms with Gasteiger partial charge in [-0.2, -0.15) is 0 Å². The van der Waals surface area contributed by atoms with Gasteiger partial charge in [0, 0.05) is 31.1 Å². The molecule has 162 valence electrons. The fraction of sp³-hybridized carbons (Fsp3) is 0.478. The molecule has 1 saturated heterocycles. The fourth-order valence-corrected chi connectivity index (χ4v) is 4.16. The van der Waals surface area contributed by atoms with E-state index in [1.165, 1.54) is 5.56 Å². The second-order valence-corrected chi connectivity index (χ2v) is 9.65. The molecule has 1 aromatic carbocycles. The minimum Gasteiger partial charge on any atom is -0.444 e. The molecule has 3 rings (SSSR count). The van der Waals surface area contributed by atoms with Crippen LogP contribution in [0.5, 0.6) is 0 Å². The third kappa shape index (κ3) is 6.31. The number of nitrogens with zero attached hydrogens (tertiary/aromatic N) is 2. The van der Waals surface area contributed by atoms with Crippen LogP contribution >= 0.6 is 11.3 Å². The van der Waals surface area contributed by atoms with E-state index in [2.05, 4.69) is 47.5 Å². The van der Waals surface area contributed by atoms with Crippen molar-refractivity contribution in [2.24, 2.45) is 0 Å². The van der Waals surface area contributed by atoms with Crippen LogP contribution < -0.4 is 5.32 Å². The van der Waals surface area contributed by atoms with Gasteiger partial charge in [0.1, 0.15) is 5.60 Å².